The Morgan fingerprint density at radius 3 is 2.89 bits per heavy atom. The van der Waals surface area contributed by atoms with Gasteiger partial charge in [0.05, 0.1) is 22.1 Å². The number of hydrogen-bond donors (Lipinski definition) is 1. The van der Waals surface area contributed by atoms with E-state index in [9.17, 15) is 10.1 Å². The predicted octanol–water partition coefficient (Wildman–Crippen LogP) is 3.47. The highest BCUT2D eigenvalue weighted by molar-refractivity contribution is 7.99. The number of rotatable bonds is 5. The van der Waals surface area contributed by atoms with Crippen LogP contribution in [0.25, 0.3) is 0 Å². The van der Waals surface area contributed by atoms with Gasteiger partial charge < -0.3 is 9.73 Å². The maximum absolute atomic E-state index is 10.9. The van der Waals surface area contributed by atoms with E-state index in [0.29, 0.717) is 17.4 Å². The number of aromatic nitrogens is 1. The van der Waals surface area contributed by atoms with E-state index in [-0.39, 0.29) is 5.69 Å². The Labute approximate surface area is 114 Å². The lowest BCUT2D eigenvalue weighted by Crippen LogP contribution is -2.01. The van der Waals surface area contributed by atoms with Crippen LogP contribution in [0.3, 0.4) is 0 Å². The van der Waals surface area contributed by atoms with E-state index in [2.05, 4.69) is 10.3 Å². The minimum absolute atomic E-state index is 0.0228. The monoisotopic (exact) mass is 279 g/mol. The van der Waals surface area contributed by atoms with E-state index in [4.69, 9.17) is 4.42 Å². The molecule has 0 aliphatic carbocycles. The molecule has 0 aliphatic heterocycles. The van der Waals surface area contributed by atoms with Crippen LogP contribution in [-0.2, 0) is 0 Å². The number of pyridine rings is 1. The van der Waals surface area contributed by atoms with Crippen LogP contribution in [0.4, 0.5) is 11.5 Å². The van der Waals surface area contributed by atoms with Crippen molar-refractivity contribution in [1.29, 1.82) is 0 Å². The highest BCUT2D eigenvalue weighted by atomic mass is 32.2. The van der Waals surface area contributed by atoms with Crippen LogP contribution in [0.15, 0.2) is 38.8 Å². The fourth-order valence-corrected chi connectivity index (χ4v) is 2.38. The van der Waals surface area contributed by atoms with E-state index in [1.54, 1.807) is 6.26 Å². The van der Waals surface area contributed by atoms with E-state index in [0.717, 1.165) is 10.7 Å². The summed E-state index contributed by atoms with van der Waals surface area (Å²) in [6, 6.07) is 4.70. The van der Waals surface area contributed by atoms with Gasteiger partial charge in [-0.2, -0.15) is 0 Å². The maximum atomic E-state index is 10.9. The van der Waals surface area contributed by atoms with Gasteiger partial charge in [0.2, 0.25) is 0 Å². The first-order valence-corrected chi connectivity index (χ1v) is 6.54. The first kappa shape index (κ1) is 13.4. The molecule has 2 rings (SSSR count). The third-order valence-electron chi connectivity index (χ3n) is 2.38. The Morgan fingerprint density at radius 2 is 2.32 bits per heavy atom. The molecule has 100 valence electrons. The van der Waals surface area contributed by atoms with Gasteiger partial charge in [0, 0.05) is 12.6 Å². The highest BCUT2D eigenvalue weighted by Gasteiger charge is 2.13. The number of nitrogens with zero attached hydrogens (tertiary/aromatic N) is 2. The second-order valence-corrected chi connectivity index (χ2v) is 4.84. The Kier molecular flexibility index (Phi) is 4.06. The summed E-state index contributed by atoms with van der Waals surface area (Å²) in [5, 5.41) is 14.5. The summed E-state index contributed by atoms with van der Waals surface area (Å²) in [6.45, 7) is 4.40. The zero-order valence-electron chi connectivity index (χ0n) is 10.5. The molecule has 2 aromatic heterocycles. The molecule has 6 nitrogen and oxygen atoms in total. The number of furan rings is 1. The van der Waals surface area contributed by atoms with Crippen molar-refractivity contribution in [3.8, 4) is 0 Å². The molecular formula is C12H13N3O3S. The van der Waals surface area contributed by atoms with Crippen molar-refractivity contribution in [2.75, 3.05) is 11.9 Å². The number of aryl methyl sites for hydroxylation is 1. The molecule has 7 heteroatoms. The van der Waals surface area contributed by atoms with Crippen LogP contribution in [0.2, 0.25) is 0 Å². The SMILES string of the molecule is CCNc1cc([N+](=O)[O-])cc(Sc2ccoc2C)n1. The molecule has 0 aromatic carbocycles. The van der Waals surface area contributed by atoms with E-state index in [1.807, 2.05) is 19.9 Å². The second-order valence-electron chi connectivity index (χ2n) is 3.78. The average molecular weight is 279 g/mol. The van der Waals surface area contributed by atoms with Gasteiger partial charge >= 0.3 is 0 Å². The molecular weight excluding hydrogens is 266 g/mol. The van der Waals surface area contributed by atoms with Crippen molar-refractivity contribution in [1.82, 2.24) is 4.98 Å². The van der Waals surface area contributed by atoms with Gasteiger partial charge in [-0.05, 0) is 19.9 Å². The van der Waals surface area contributed by atoms with Gasteiger partial charge in [-0.1, -0.05) is 11.8 Å². The molecule has 0 spiro atoms. The lowest BCUT2D eigenvalue weighted by atomic mass is 10.4. The number of hydrogen-bond acceptors (Lipinski definition) is 6. The third-order valence-corrected chi connectivity index (χ3v) is 3.44. The molecule has 0 saturated heterocycles. The quantitative estimate of drug-likeness (QED) is 0.666. The molecule has 0 amide bonds. The lowest BCUT2D eigenvalue weighted by Gasteiger charge is -2.05. The van der Waals surface area contributed by atoms with Crippen molar-refractivity contribution >= 4 is 23.3 Å². The standard InChI is InChI=1S/C12H13N3O3S/c1-3-13-11-6-9(15(16)17)7-12(14-11)19-10-4-5-18-8(10)2/h4-7H,3H2,1-2H3,(H,13,14). The van der Waals surface area contributed by atoms with E-state index >= 15 is 0 Å². The Balaban J connectivity index is 2.33. The van der Waals surface area contributed by atoms with Gasteiger partial charge in [0.25, 0.3) is 5.69 Å². The van der Waals surface area contributed by atoms with Gasteiger partial charge in [0.1, 0.15) is 16.6 Å². The Hall–Kier alpha value is -2.02. The van der Waals surface area contributed by atoms with Crippen LogP contribution >= 0.6 is 11.8 Å². The zero-order valence-corrected chi connectivity index (χ0v) is 11.4. The van der Waals surface area contributed by atoms with E-state index < -0.39 is 4.92 Å². The van der Waals surface area contributed by atoms with Crippen molar-refractivity contribution < 1.29 is 9.34 Å². The first-order valence-electron chi connectivity index (χ1n) is 5.72. The van der Waals surface area contributed by atoms with Crippen molar-refractivity contribution in [2.45, 2.75) is 23.8 Å². The van der Waals surface area contributed by atoms with Gasteiger partial charge in [-0.15, -0.1) is 0 Å². The van der Waals surface area contributed by atoms with Crippen LogP contribution in [0.1, 0.15) is 12.7 Å². The van der Waals surface area contributed by atoms with Gasteiger partial charge in [0.15, 0.2) is 0 Å². The number of nitrogens with one attached hydrogen (secondary N) is 1. The molecule has 0 unspecified atom stereocenters. The van der Waals surface area contributed by atoms with E-state index in [1.165, 1.54) is 23.9 Å². The smallest absolute Gasteiger partial charge is 0.275 e. The fraction of sp³-hybridized carbons (Fsp3) is 0.250. The molecule has 0 aliphatic rings. The third kappa shape index (κ3) is 3.25. The van der Waals surface area contributed by atoms with Crippen molar-refractivity contribution in [3.63, 3.8) is 0 Å². The summed E-state index contributed by atoms with van der Waals surface area (Å²) < 4.78 is 5.19. The number of nitro groups is 1. The first-order chi connectivity index (χ1) is 9.10. The zero-order chi connectivity index (χ0) is 13.8. The molecule has 0 saturated carbocycles. The van der Waals surface area contributed by atoms with Crippen LogP contribution < -0.4 is 5.32 Å². The summed E-state index contributed by atoms with van der Waals surface area (Å²) in [6.07, 6.45) is 1.58. The Morgan fingerprint density at radius 1 is 1.53 bits per heavy atom. The molecule has 2 aromatic rings. The second kappa shape index (κ2) is 5.75. The summed E-state index contributed by atoms with van der Waals surface area (Å²) in [7, 11) is 0. The molecule has 0 bridgehead atoms. The predicted molar refractivity (Wildman–Crippen MR) is 72.6 cm³/mol. The summed E-state index contributed by atoms with van der Waals surface area (Å²) in [4.78, 5) is 15.7. The summed E-state index contributed by atoms with van der Waals surface area (Å²) in [5.41, 5.74) is 0.0228. The molecule has 2 heterocycles. The molecule has 0 fully saturated rings. The fourth-order valence-electron chi connectivity index (χ4n) is 1.51. The minimum Gasteiger partial charge on any atom is -0.468 e. The molecule has 0 radical (unpaired) electrons. The Bertz CT molecular complexity index is 598. The van der Waals surface area contributed by atoms with Crippen LogP contribution in [0.5, 0.6) is 0 Å². The van der Waals surface area contributed by atoms with Crippen molar-refractivity contribution in [2.24, 2.45) is 0 Å². The average Bonchev–Trinajstić information content (AvgIpc) is 2.75. The molecule has 0 atom stereocenters. The largest absolute Gasteiger partial charge is 0.468 e. The summed E-state index contributed by atoms with van der Waals surface area (Å²) in [5.74, 6) is 1.27. The normalized spacial score (nSPS) is 10.4. The van der Waals surface area contributed by atoms with Crippen molar-refractivity contribution in [3.05, 3.63) is 40.3 Å². The molecule has 1 N–H and O–H groups in total. The highest BCUT2D eigenvalue weighted by Crippen LogP contribution is 2.32. The topological polar surface area (TPSA) is 81.2 Å². The maximum Gasteiger partial charge on any atom is 0.275 e. The van der Waals surface area contributed by atoms with Crippen LogP contribution in [0, 0.1) is 17.0 Å². The molecule has 19 heavy (non-hydrogen) atoms. The number of anilines is 1. The lowest BCUT2D eigenvalue weighted by molar-refractivity contribution is -0.385. The summed E-state index contributed by atoms with van der Waals surface area (Å²) >= 11 is 1.34. The van der Waals surface area contributed by atoms with Gasteiger partial charge in [-0.25, -0.2) is 4.98 Å². The minimum atomic E-state index is -0.422. The van der Waals surface area contributed by atoms with Crippen LogP contribution in [-0.4, -0.2) is 16.5 Å². The van der Waals surface area contributed by atoms with Gasteiger partial charge in [-0.3, -0.25) is 10.1 Å².